The Morgan fingerprint density at radius 2 is 0.881 bits per heavy atom. The minimum atomic E-state index is -3.16. The molecule has 4 N–H and O–H groups in total. The molecule has 0 aromatic carbocycles. The third-order valence-corrected chi connectivity index (χ3v) is 11.8. The average Bonchev–Trinajstić information content (AvgIpc) is 3.61. The van der Waals surface area contributed by atoms with Gasteiger partial charge >= 0.3 is 49.1 Å². The summed E-state index contributed by atoms with van der Waals surface area (Å²) in [6, 6.07) is 0. The van der Waals surface area contributed by atoms with Gasteiger partial charge in [0.05, 0.1) is 0 Å². The topological polar surface area (TPSA) is 182 Å². The average molecular weight is 662 g/mol. The molecule has 5 unspecified atom stereocenters. The van der Waals surface area contributed by atoms with Crippen molar-refractivity contribution in [1.82, 2.24) is 0 Å². The second-order valence-corrected chi connectivity index (χ2v) is 14.5. The highest BCUT2D eigenvalue weighted by atomic mass is 31.2. The molecule has 0 amide bonds. The van der Waals surface area contributed by atoms with Gasteiger partial charge in [-0.1, -0.05) is 103 Å². The molecule has 42 heavy (non-hydrogen) atoms. The lowest BCUT2D eigenvalue weighted by Gasteiger charge is -2.53. The van der Waals surface area contributed by atoms with Gasteiger partial charge in [0.25, 0.3) is 5.79 Å². The molecule has 242 valence electrons. The van der Waals surface area contributed by atoms with Crippen molar-refractivity contribution in [2.75, 3.05) is 0 Å². The molecule has 0 aromatic heterocycles. The molecular formula is C24H41O15P3. The molecule has 7 fully saturated rings. The van der Waals surface area contributed by atoms with E-state index in [9.17, 15) is 20.4 Å². The van der Waals surface area contributed by atoms with Crippen LogP contribution in [0, 0.1) is 0 Å². The molecule has 2 spiro atoms. The summed E-state index contributed by atoms with van der Waals surface area (Å²) in [5.41, 5.74) is 0. The lowest BCUT2D eigenvalue weighted by molar-refractivity contribution is -0.576. The maximum atomic E-state index is 11.8. The molecule has 0 aliphatic carbocycles. The van der Waals surface area contributed by atoms with E-state index < -0.39 is 60.7 Å². The van der Waals surface area contributed by atoms with Crippen molar-refractivity contribution in [1.29, 1.82) is 0 Å². The number of fused-ring (bicyclic) bond motifs is 4. The molecule has 9 atom stereocenters. The van der Waals surface area contributed by atoms with Gasteiger partial charge in [0.1, 0.15) is 0 Å². The van der Waals surface area contributed by atoms with Crippen LogP contribution in [0.15, 0.2) is 0 Å². The zero-order valence-corrected chi connectivity index (χ0v) is 26.3. The largest absolute Gasteiger partial charge is 0.396 e. The molecule has 0 aromatic rings. The lowest BCUT2D eigenvalue weighted by atomic mass is 9.82. The Morgan fingerprint density at radius 3 is 1.45 bits per heavy atom. The summed E-state index contributed by atoms with van der Waals surface area (Å²) in [4.78, 5) is 10.5. The smallest absolute Gasteiger partial charge is 0.361 e. The van der Waals surface area contributed by atoms with Gasteiger partial charge in [-0.25, -0.2) is 9.05 Å². The quantitative estimate of drug-likeness (QED) is 0.0867. The Morgan fingerprint density at radius 1 is 0.452 bits per heavy atom. The lowest BCUT2D eigenvalue weighted by Crippen LogP contribution is -2.83. The van der Waals surface area contributed by atoms with Crippen molar-refractivity contribution in [2.45, 2.75) is 151 Å². The second kappa shape index (κ2) is 12.7. The van der Waals surface area contributed by atoms with E-state index in [0.717, 1.165) is 25.7 Å². The van der Waals surface area contributed by atoms with Gasteiger partial charge in [-0.3, -0.25) is 22.6 Å². The monoisotopic (exact) mass is 662 g/mol. The van der Waals surface area contributed by atoms with E-state index in [4.69, 9.17) is 50.8 Å². The van der Waals surface area contributed by atoms with Crippen molar-refractivity contribution in [3.8, 4) is 0 Å². The van der Waals surface area contributed by atoms with Crippen molar-refractivity contribution >= 4 is 25.8 Å². The number of hydrogen-bond acceptors (Lipinski definition) is 15. The van der Waals surface area contributed by atoms with Gasteiger partial charge in [0, 0.05) is 6.42 Å². The van der Waals surface area contributed by atoms with Crippen molar-refractivity contribution in [3.05, 3.63) is 0 Å². The number of rotatable bonds is 17. The Labute approximate surface area is 248 Å². The van der Waals surface area contributed by atoms with Crippen molar-refractivity contribution in [2.24, 2.45) is 0 Å². The van der Waals surface area contributed by atoms with E-state index >= 15 is 0 Å². The summed E-state index contributed by atoms with van der Waals surface area (Å²) >= 11 is 0. The van der Waals surface area contributed by atoms with Crippen LogP contribution in [-0.2, 0) is 50.8 Å². The number of hydrogen-bond donors (Lipinski definition) is 4. The highest BCUT2D eigenvalue weighted by Crippen LogP contribution is 2.83. The summed E-state index contributed by atoms with van der Waals surface area (Å²) in [7, 11) is -7.68. The minimum Gasteiger partial charge on any atom is -0.361 e. The first-order valence-electron chi connectivity index (χ1n) is 15.0. The van der Waals surface area contributed by atoms with Gasteiger partial charge in [0.2, 0.25) is 5.79 Å². The molecule has 5 bridgehead atoms. The van der Waals surface area contributed by atoms with E-state index in [2.05, 4.69) is 6.92 Å². The predicted octanol–water partition coefficient (Wildman–Crippen LogP) is 5.52. The summed E-state index contributed by atoms with van der Waals surface area (Å²) in [6.45, 7) is 2.25. The molecule has 0 radical (unpaired) electrons. The zero-order valence-electron chi connectivity index (χ0n) is 23.6. The molecule has 7 rings (SSSR count). The van der Waals surface area contributed by atoms with E-state index in [1.165, 1.54) is 70.6 Å². The van der Waals surface area contributed by atoms with Crippen LogP contribution in [0.2, 0.25) is 0 Å². The van der Waals surface area contributed by atoms with Gasteiger partial charge in [-0.15, -0.1) is 9.35 Å². The van der Waals surface area contributed by atoms with Crippen LogP contribution in [0.1, 0.15) is 116 Å². The van der Waals surface area contributed by atoms with Gasteiger partial charge in [0.15, 0.2) is 0 Å². The van der Waals surface area contributed by atoms with Crippen LogP contribution in [0.5, 0.6) is 0 Å². The van der Waals surface area contributed by atoms with E-state index in [0.29, 0.717) is 6.42 Å². The first-order valence-corrected chi connectivity index (χ1v) is 18.3. The van der Waals surface area contributed by atoms with Crippen LogP contribution in [0.4, 0.5) is 0 Å². The Kier molecular flexibility index (Phi) is 9.87. The summed E-state index contributed by atoms with van der Waals surface area (Å²) in [5.74, 6) is -17.0. The van der Waals surface area contributed by atoms with Gasteiger partial charge < -0.3 is 20.4 Å². The third-order valence-electron chi connectivity index (χ3n) is 8.52. The zero-order chi connectivity index (χ0) is 29.5. The van der Waals surface area contributed by atoms with Crippen LogP contribution >= 0.6 is 25.8 Å². The fraction of sp³-hybridized carbons (Fsp3) is 1.00. The van der Waals surface area contributed by atoms with Crippen LogP contribution in [-0.4, -0.2) is 55.3 Å². The van der Waals surface area contributed by atoms with Gasteiger partial charge in [-0.2, -0.15) is 9.78 Å². The molecule has 7 saturated heterocycles. The summed E-state index contributed by atoms with van der Waals surface area (Å²) in [5, 5.41) is 46.1. The predicted molar refractivity (Wildman–Crippen MR) is 142 cm³/mol. The first-order chi connectivity index (χ1) is 20.2. The van der Waals surface area contributed by atoms with Crippen molar-refractivity contribution < 1.29 is 71.2 Å². The molecule has 15 nitrogen and oxygen atoms in total. The third kappa shape index (κ3) is 5.14. The molecule has 18 heteroatoms. The van der Waals surface area contributed by atoms with E-state index in [1.54, 1.807) is 0 Å². The van der Waals surface area contributed by atoms with E-state index in [-0.39, 0.29) is 6.42 Å². The Bertz CT molecular complexity index is 957. The second-order valence-electron chi connectivity index (χ2n) is 11.6. The SMILES string of the molecule is CCCCCCCCCCCCCCCCCCC1(O)OP2O[C@]13OOP1OO[C@@]45OP(OC4(O)O1)O[C@]5(O)[C@@]3(O)O2. The fourth-order valence-corrected chi connectivity index (χ4v) is 9.86. The highest BCUT2D eigenvalue weighted by molar-refractivity contribution is 7.43. The number of aliphatic hydroxyl groups is 4. The molecule has 0 saturated carbocycles. The molecule has 7 aliphatic rings. The Hall–Kier alpha value is 0.690. The molecule has 7 aliphatic heterocycles. The Balaban J connectivity index is 0.970. The van der Waals surface area contributed by atoms with Crippen LogP contribution in [0.25, 0.3) is 0 Å². The highest BCUT2D eigenvalue weighted by Gasteiger charge is 2.99. The number of unbranched alkanes of at least 4 members (excludes halogenated alkanes) is 15. The standard InChI is InChI=1S/C24H41O15P3/c1-2-3-4-5-6-7-8-9-10-11-12-13-14-15-16-17-18-19(25)22-20(26,32-40(31-19)34-22)21(27)23-24(28,36-41(33-21)35-23)37-42(38-29-22)39-30-23/h25-28H,2-18H2,1H3/t19?,20-,21-,22-,23+,24?,40?,41?,42?/m1/s1. The maximum absolute atomic E-state index is 11.8. The summed E-state index contributed by atoms with van der Waals surface area (Å²) in [6.07, 6.45) is 18.8. The van der Waals surface area contributed by atoms with E-state index in [1.807, 2.05) is 0 Å². The van der Waals surface area contributed by atoms with Crippen molar-refractivity contribution in [3.63, 3.8) is 0 Å². The normalized spacial score (nSPS) is 46.6. The first kappa shape index (κ1) is 32.6. The molecular weight excluding hydrogens is 621 g/mol. The van der Waals surface area contributed by atoms with Crippen LogP contribution < -0.4 is 0 Å². The minimum absolute atomic E-state index is 0.0841. The molecule has 7 heterocycles. The van der Waals surface area contributed by atoms with Gasteiger partial charge in [-0.05, 0) is 6.42 Å². The maximum Gasteiger partial charge on any atom is 0.396 e. The fourth-order valence-electron chi connectivity index (χ4n) is 6.07. The summed E-state index contributed by atoms with van der Waals surface area (Å²) < 4.78 is 47.9. The van der Waals surface area contributed by atoms with Crippen LogP contribution in [0.3, 0.4) is 0 Å².